The SMILES string of the molecule is O=C(N[C@@H](CCCSCC(=O)C(F)(F)F)C(=O)NCCc1ccccc1)c1cccnc1. The van der Waals surface area contributed by atoms with Gasteiger partial charge in [-0.2, -0.15) is 24.9 Å². The van der Waals surface area contributed by atoms with Gasteiger partial charge in [-0.1, -0.05) is 30.3 Å². The highest BCUT2D eigenvalue weighted by Gasteiger charge is 2.37. The van der Waals surface area contributed by atoms with Gasteiger partial charge in [0.1, 0.15) is 6.04 Å². The Labute approximate surface area is 188 Å². The fraction of sp³-hybridized carbons (Fsp3) is 0.364. The third-order valence-electron chi connectivity index (χ3n) is 4.43. The van der Waals surface area contributed by atoms with Gasteiger partial charge in [-0.25, -0.2) is 0 Å². The minimum absolute atomic E-state index is 0.219. The van der Waals surface area contributed by atoms with Gasteiger partial charge < -0.3 is 10.6 Å². The third kappa shape index (κ3) is 9.09. The second-order valence-electron chi connectivity index (χ2n) is 6.91. The number of Topliss-reactive ketones (excluding diaryl/α,β-unsaturated/α-hetero) is 1. The zero-order chi connectivity index (χ0) is 23.4. The summed E-state index contributed by atoms with van der Waals surface area (Å²) >= 11 is 0.848. The van der Waals surface area contributed by atoms with Crippen LogP contribution in [0, 0.1) is 0 Å². The molecule has 0 aliphatic carbocycles. The molecule has 2 N–H and O–H groups in total. The molecule has 0 bridgehead atoms. The van der Waals surface area contributed by atoms with Crippen LogP contribution in [0.15, 0.2) is 54.9 Å². The summed E-state index contributed by atoms with van der Waals surface area (Å²) in [5.41, 5.74) is 1.34. The summed E-state index contributed by atoms with van der Waals surface area (Å²) < 4.78 is 36.8. The number of alkyl halides is 3. The standard InChI is InChI=1S/C22H24F3N3O3S/c23-22(24,25)19(29)15-32-13-5-9-18(28-20(30)17-8-4-11-26-14-17)21(31)27-12-10-16-6-2-1-3-7-16/h1-4,6-8,11,14,18H,5,9-10,12-13,15H2,(H,27,31)(H,28,30)/t18-/m0/s1. The van der Waals surface area contributed by atoms with E-state index in [1.54, 1.807) is 12.1 Å². The van der Waals surface area contributed by atoms with Crippen LogP contribution >= 0.6 is 11.8 Å². The van der Waals surface area contributed by atoms with Crippen molar-refractivity contribution in [1.29, 1.82) is 0 Å². The van der Waals surface area contributed by atoms with E-state index in [-0.39, 0.29) is 18.1 Å². The molecule has 0 radical (unpaired) electrons. The molecule has 0 saturated carbocycles. The molecule has 0 spiro atoms. The number of pyridine rings is 1. The van der Waals surface area contributed by atoms with Crippen LogP contribution in [-0.4, -0.2) is 52.9 Å². The van der Waals surface area contributed by atoms with Crippen molar-refractivity contribution >= 4 is 29.4 Å². The van der Waals surface area contributed by atoms with Crippen molar-refractivity contribution in [2.45, 2.75) is 31.5 Å². The zero-order valence-electron chi connectivity index (χ0n) is 17.2. The second kappa shape index (κ2) is 12.8. The van der Waals surface area contributed by atoms with Gasteiger partial charge in [-0.3, -0.25) is 19.4 Å². The first-order valence-electron chi connectivity index (χ1n) is 9.97. The smallest absolute Gasteiger partial charge is 0.354 e. The first-order chi connectivity index (χ1) is 15.3. The number of amides is 2. The Hall–Kier alpha value is -2.88. The lowest BCUT2D eigenvalue weighted by Gasteiger charge is -2.18. The molecule has 0 unspecified atom stereocenters. The number of rotatable bonds is 12. The van der Waals surface area contributed by atoms with Crippen molar-refractivity contribution in [3.63, 3.8) is 0 Å². The predicted molar refractivity (Wildman–Crippen MR) is 116 cm³/mol. The Morgan fingerprint density at radius 2 is 1.81 bits per heavy atom. The summed E-state index contributed by atoms with van der Waals surface area (Å²) in [4.78, 5) is 39.9. The fourth-order valence-electron chi connectivity index (χ4n) is 2.74. The molecule has 2 aromatic rings. The van der Waals surface area contributed by atoms with Crippen molar-refractivity contribution in [2.24, 2.45) is 0 Å². The molecular formula is C22H24F3N3O3S. The number of halogens is 3. The van der Waals surface area contributed by atoms with E-state index < -0.39 is 29.7 Å². The maximum Gasteiger partial charge on any atom is 0.450 e. The van der Waals surface area contributed by atoms with Crippen LogP contribution in [0.3, 0.4) is 0 Å². The zero-order valence-corrected chi connectivity index (χ0v) is 18.0. The van der Waals surface area contributed by atoms with Crippen LogP contribution in [0.1, 0.15) is 28.8 Å². The first-order valence-corrected chi connectivity index (χ1v) is 11.1. The van der Waals surface area contributed by atoms with Crippen LogP contribution in [0.5, 0.6) is 0 Å². The normalized spacial score (nSPS) is 12.1. The van der Waals surface area contributed by atoms with E-state index >= 15 is 0 Å². The molecule has 10 heteroatoms. The number of carbonyl (C=O) groups excluding carboxylic acids is 3. The number of aromatic nitrogens is 1. The number of thioether (sulfide) groups is 1. The summed E-state index contributed by atoms with van der Waals surface area (Å²) in [7, 11) is 0. The maximum atomic E-state index is 12.7. The van der Waals surface area contributed by atoms with Crippen LogP contribution in [0.25, 0.3) is 0 Å². The molecule has 2 rings (SSSR count). The molecule has 0 fully saturated rings. The fourth-order valence-corrected chi connectivity index (χ4v) is 3.61. The van der Waals surface area contributed by atoms with Crippen LogP contribution in [-0.2, 0) is 16.0 Å². The van der Waals surface area contributed by atoms with Gasteiger partial charge in [0.2, 0.25) is 11.7 Å². The van der Waals surface area contributed by atoms with Gasteiger partial charge in [0.25, 0.3) is 5.91 Å². The monoisotopic (exact) mass is 467 g/mol. The minimum Gasteiger partial charge on any atom is -0.354 e. The van der Waals surface area contributed by atoms with Crippen LogP contribution in [0.4, 0.5) is 13.2 Å². The van der Waals surface area contributed by atoms with Crippen molar-refractivity contribution < 1.29 is 27.6 Å². The van der Waals surface area contributed by atoms with E-state index in [4.69, 9.17) is 0 Å². The van der Waals surface area contributed by atoms with E-state index in [0.29, 0.717) is 24.9 Å². The molecule has 1 aromatic carbocycles. The molecular weight excluding hydrogens is 443 g/mol. The Morgan fingerprint density at radius 1 is 1.06 bits per heavy atom. The highest BCUT2D eigenvalue weighted by molar-refractivity contribution is 7.99. The van der Waals surface area contributed by atoms with Gasteiger partial charge in [0.15, 0.2) is 0 Å². The molecule has 0 aliphatic rings. The molecule has 32 heavy (non-hydrogen) atoms. The summed E-state index contributed by atoms with van der Waals surface area (Å²) in [5, 5.41) is 5.45. The number of nitrogens with one attached hydrogen (secondary N) is 2. The second-order valence-corrected chi connectivity index (χ2v) is 8.02. The number of benzene rings is 1. The van der Waals surface area contributed by atoms with Crippen LogP contribution in [0.2, 0.25) is 0 Å². The quantitative estimate of drug-likeness (QED) is 0.468. The van der Waals surface area contributed by atoms with Crippen molar-refractivity contribution in [2.75, 3.05) is 18.1 Å². The minimum atomic E-state index is -4.84. The number of hydrogen-bond acceptors (Lipinski definition) is 5. The van der Waals surface area contributed by atoms with Gasteiger partial charge in [-0.15, -0.1) is 0 Å². The van der Waals surface area contributed by atoms with Crippen molar-refractivity contribution in [3.05, 3.63) is 66.0 Å². The van der Waals surface area contributed by atoms with E-state index in [2.05, 4.69) is 15.6 Å². The van der Waals surface area contributed by atoms with E-state index in [0.717, 1.165) is 17.3 Å². The van der Waals surface area contributed by atoms with E-state index in [1.165, 1.54) is 12.4 Å². The number of ketones is 1. The van der Waals surface area contributed by atoms with E-state index in [1.807, 2.05) is 30.3 Å². The average molecular weight is 468 g/mol. The Morgan fingerprint density at radius 3 is 2.47 bits per heavy atom. The number of hydrogen-bond donors (Lipinski definition) is 2. The van der Waals surface area contributed by atoms with Gasteiger partial charge in [-0.05, 0) is 42.7 Å². The molecule has 2 amide bonds. The number of nitrogens with zero attached hydrogens (tertiary/aromatic N) is 1. The lowest BCUT2D eigenvalue weighted by atomic mass is 10.1. The maximum absolute atomic E-state index is 12.7. The Balaban J connectivity index is 1.87. The first kappa shape index (κ1) is 25.4. The van der Waals surface area contributed by atoms with Crippen molar-refractivity contribution in [3.8, 4) is 0 Å². The van der Waals surface area contributed by atoms with Gasteiger partial charge >= 0.3 is 6.18 Å². The third-order valence-corrected chi connectivity index (χ3v) is 5.48. The molecule has 6 nitrogen and oxygen atoms in total. The number of carbonyl (C=O) groups is 3. The Bertz CT molecular complexity index is 880. The van der Waals surface area contributed by atoms with E-state index in [9.17, 15) is 27.6 Å². The Kier molecular flexibility index (Phi) is 10.2. The van der Waals surface area contributed by atoms with Gasteiger partial charge in [0, 0.05) is 18.9 Å². The highest BCUT2D eigenvalue weighted by Crippen LogP contribution is 2.19. The summed E-state index contributed by atoms with van der Waals surface area (Å²) in [5.74, 6) is -3.06. The summed E-state index contributed by atoms with van der Waals surface area (Å²) in [6.45, 7) is 0.372. The molecule has 172 valence electrons. The predicted octanol–water partition coefficient (Wildman–Crippen LogP) is 3.18. The molecule has 1 atom stereocenters. The van der Waals surface area contributed by atoms with Crippen LogP contribution < -0.4 is 10.6 Å². The topological polar surface area (TPSA) is 88.2 Å². The molecule has 1 heterocycles. The van der Waals surface area contributed by atoms with Crippen molar-refractivity contribution in [1.82, 2.24) is 15.6 Å². The largest absolute Gasteiger partial charge is 0.450 e. The average Bonchev–Trinajstić information content (AvgIpc) is 2.78. The molecule has 0 saturated heterocycles. The lowest BCUT2D eigenvalue weighted by Crippen LogP contribution is -2.47. The van der Waals surface area contributed by atoms with Gasteiger partial charge in [0.05, 0.1) is 11.3 Å². The highest BCUT2D eigenvalue weighted by atomic mass is 32.2. The summed E-state index contributed by atoms with van der Waals surface area (Å²) in [6.07, 6.45) is -0.768. The molecule has 1 aromatic heterocycles. The summed E-state index contributed by atoms with van der Waals surface area (Å²) in [6, 6.07) is 11.9. The molecule has 0 aliphatic heterocycles. The lowest BCUT2D eigenvalue weighted by molar-refractivity contribution is -0.167.